The van der Waals surface area contributed by atoms with E-state index in [1.54, 1.807) is 12.1 Å². The average molecular weight is 378 g/mol. The van der Waals surface area contributed by atoms with Crippen molar-refractivity contribution in [2.75, 3.05) is 25.5 Å². The topological polar surface area (TPSA) is 49.4 Å². The summed E-state index contributed by atoms with van der Waals surface area (Å²) < 4.78 is 52.4. The molecule has 0 radical (unpaired) electrons. The second-order valence-corrected chi connectivity index (χ2v) is 9.02. The number of benzene rings is 2. The van der Waals surface area contributed by atoms with Crippen LogP contribution in [-0.2, 0) is 9.84 Å². The highest BCUT2D eigenvalue weighted by molar-refractivity contribution is 7.91. The van der Waals surface area contributed by atoms with Crippen molar-refractivity contribution in [1.82, 2.24) is 4.90 Å². The summed E-state index contributed by atoms with van der Waals surface area (Å²) in [5, 5.41) is 3.50. The molecule has 0 bridgehead atoms. The molecule has 1 N–H and O–H groups in total. The third-order valence-electron chi connectivity index (χ3n) is 5.40. The van der Waals surface area contributed by atoms with Gasteiger partial charge in [0.2, 0.25) is 9.84 Å². The summed E-state index contributed by atoms with van der Waals surface area (Å²) >= 11 is 0. The standard InChI is InChI=1S/C19H20F2N2O2S/c1-23-8-6-14-15-10-12(3-5-18(15)22-19(14)7-9-23)26(24,25)13-2-4-16(20)17(21)11-13/h2-5,10-11,14,19,22H,6-9H2,1H3/t14-,19+/m0/s1. The molecule has 0 aromatic heterocycles. The average Bonchev–Trinajstić information content (AvgIpc) is 2.86. The molecule has 2 aromatic carbocycles. The number of fused-ring (bicyclic) bond motifs is 3. The normalized spacial score (nSPS) is 23.0. The molecular formula is C19H20F2N2O2S. The van der Waals surface area contributed by atoms with Gasteiger partial charge in [-0.15, -0.1) is 0 Å². The van der Waals surface area contributed by atoms with E-state index >= 15 is 0 Å². The van der Waals surface area contributed by atoms with Gasteiger partial charge in [-0.2, -0.15) is 0 Å². The fourth-order valence-electron chi connectivity index (χ4n) is 3.90. The van der Waals surface area contributed by atoms with Crippen LogP contribution >= 0.6 is 0 Å². The van der Waals surface area contributed by atoms with Crippen LogP contribution in [0.1, 0.15) is 24.3 Å². The summed E-state index contributed by atoms with van der Waals surface area (Å²) in [5.74, 6) is -1.97. The summed E-state index contributed by atoms with van der Waals surface area (Å²) in [6.45, 7) is 1.96. The van der Waals surface area contributed by atoms with Gasteiger partial charge < -0.3 is 10.2 Å². The number of hydrogen-bond acceptors (Lipinski definition) is 4. The maximum atomic E-state index is 13.5. The summed E-state index contributed by atoms with van der Waals surface area (Å²) in [7, 11) is -1.81. The van der Waals surface area contributed by atoms with Crippen molar-refractivity contribution in [3.05, 3.63) is 53.6 Å². The summed E-state index contributed by atoms with van der Waals surface area (Å²) in [5.41, 5.74) is 1.96. The van der Waals surface area contributed by atoms with Crippen molar-refractivity contribution in [1.29, 1.82) is 0 Å². The maximum absolute atomic E-state index is 13.5. The van der Waals surface area contributed by atoms with Crippen LogP contribution in [0.3, 0.4) is 0 Å². The van der Waals surface area contributed by atoms with Gasteiger partial charge in [0.1, 0.15) is 0 Å². The lowest BCUT2D eigenvalue weighted by molar-refractivity contribution is 0.346. The van der Waals surface area contributed by atoms with Gasteiger partial charge in [-0.05, 0) is 74.9 Å². The first-order chi connectivity index (χ1) is 12.4. The molecular weight excluding hydrogens is 358 g/mol. The highest BCUT2D eigenvalue weighted by Crippen LogP contribution is 2.42. The van der Waals surface area contributed by atoms with E-state index < -0.39 is 21.5 Å². The van der Waals surface area contributed by atoms with Crippen LogP contribution in [0, 0.1) is 11.6 Å². The lowest BCUT2D eigenvalue weighted by Gasteiger charge is -2.16. The Kier molecular flexibility index (Phi) is 4.23. The Labute approximate surface area is 151 Å². The van der Waals surface area contributed by atoms with Gasteiger partial charge in [0.25, 0.3) is 0 Å². The zero-order valence-electron chi connectivity index (χ0n) is 14.4. The molecule has 0 aliphatic carbocycles. The Morgan fingerprint density at radius 3 is 2.46 bits per heavy atom. The monoisotopic (exact) mass is 378 g/mol. The number of sulfone groups is 1. The number of nitrogens with zero attached hydrogens (tertiary/aromatic N) is 1. The molecule has 2 heterocycles. The zero-order valence-corrected chi connectivity index (χ0v) is 15.2. The molecule has 0 spiro atoms. The number of likely N-dealkylation sites (tertiary alicyclic amines) is 1. The third kappa shape index (κ3) is 2.89. The molecule has 2 aliphatic rings. The summed E-state index contributed by atoms with van der Waals surface area (Å²) in [6, 6.07) is 7.97. The predicted molar refractivity (Wildman–Crippen MR) is 95.1 cm³/mol. The van der Waals surface area contributed by atoms with Crippen molar-refractivity contribution < 1.29 is 17.2 Å². The van der Waals surface area contributed by atoms with Gasteiger partial charge >= 0.3 is 0 Å². The van der Waals surface area contributed by atoms with Gasteiger partial charge in [-0.1, -0.05) is 0 Å². The van der Waals surface area contributed by atoms with Crippen LogP contribution in [0.25, 0.3) is 0 Å². The van der Waals surface area contributed by atoms with E-state index in [2.05, 4.69) is 17.3 Å². The fourth-order valence-corrected chi connectivity index (χ4v) is 5.21. The largest absolute Gasteiger partial charge is 0.381 e. The molecule has 0 amide bonds. The number of nitrogens with one attached hydrogen (secondary N) is 1. The van der Waals surface area contributed by atoms with E-state index in [0.29, 0.717) is 6.04 Å². The summed E-state index contributed by atoms with van der Waals surface area (Å²) in [4.78, 5) is 2.16. The van der Waals surface area contributed by atoms with E-state index in [0.717, 1.165) is 55.4 Å². The Hall–Kier alpha value is -1.99. The quantitative estimate of drug-likeness (QED) is 0.814. The van der Waals surface area contributed by atoms with Crippen LogP contribution in [0.15, 0.2) is 46.2 Å². The first-order valence-electron chi connectivity index (χ1n) is 8.65. The van der Waals surface area contributed by atoms with Crippen molar-refractivity contribution in [3.63, 3.8) is 0 Å². The number of rotatable bonds is 2. The molecule has 2 aromatic rings. The predicted octanol–water partition coefficient (Wildman–Crippen LogP) is 3.40. The number of anilines is 1. The van der Waals surface area contributed by atoms with Gasteiger partial charge in [0.15, 0.2) is 11.6 Å². The van der Waals surface area contributed by atoms with E-state index in [-0.39, 0.29) is 15.7 Å². The Morgan fingerprint density at radius 1 is 1.00 bits per heavy atom. The smallest absolute Gasteiger partial charge is 0.206 e. The lowest BCUT2D eigenvalue weighted by atomic mass is 9.91. The van der Waals surface area contributed by atoms with Crippen molar-refractivity contribution in [2.24, 2.45) is 0 Å². The zero-order chi connectivity index (χ0) is 18.5. The molecule has 1 fully saturated rings. The van der Waals surface area contributed by atoms with Crippen molar-refractivity contribution in [2.45, 2.75) is 34.6 Å². The van der Waals surface area contributed by atoms with Crippen LogP contribution < -0.4 is 5.32 Å². The first kappa shape index (κ1) is 17.4. The Morgan fingerprint density at radius 2 is 1.69 bits per heavy atom. The molecule has 2 aliphatic heterocycles. The minimum atomic E-state index is -3.90. The molecule has 138 valence electrons. The molecule has 0 unspecified atom stereocenters. The first-order valence-corrected chi connectivity index (χ1v) is 10.1. The SMILES string of the molecule is CN1CC[C@H]2Nc3ccc(S(=O)(=O)c4ccc(F)c(F)c4)cc3[C@@H]2CC1. The Balaban J connectivity index is 1.72. The molecule has 1 saturated heterocycles. The van der Waals surface area contributed by atoms with Crippen molar-refractivity contribution in [3.8, 4) is 0 Å². The molecule has 0 saturated carbocycles. The summed E-state index contributed by atoms with van der Waals surface area (Å²) in [6.07, 6.45) is 1.96. The minimum Gasteiger partial charge on any atom is -0.381 e. The lowest BCUT2D eigenvalue weighted by Crippen LogP contribution is -2.22. The molecule has 4 nitrogen and oxygen atoms in total. The number of halogens is 2. The fraction of sp³-hybridized carbons (Fsp3) is 0.368. The highest BCUT2D eigenvalue weighted by Gasteiger charge is 2.35. The van der Waals surface area contributed by atoms with Gasteiger partial charge in [-0.25, -0.2) is 17.2 Å². The van der Waals surface area contributed by atoms with Gasteiger partial charge in [-0.3, -0.25) is 0 Å². The second-order valence-electron chi connectivity index (χ2n) is 7.07. The molecule has 26 heavy (non-hydrogen) atoms. The number of hydrogen-bond donors (Lipinski definition) is 1. The Bertz CT molecular complexity index is 962. The van der Waals surface area contributed by atoms with Crippen molar-refractivity contribution >= 4 is 15.5 Å². The van der Waals surface area contributed by atoms with E-state index in [1.807, 2.05) is 0 Å². The third-order valence-corrected chi connectivity index (χ3v) is 7.15. The van der Waals surface area contributed by atoms with E-state index in [1.165, 1.54) is 6.07 Å². The van der Waals surface area contributed by atoms with Crippen LogP contribution in [0.5, 0.6) is 0 Å². The van der Waals surface area contributed by atoms with E-state index in [4.69, 9.17) is 0 Å². The van der Waals surface area contributed by atoms with Crippen LogP contribution in [-0.4, -0.2) is 39.5 Å². The minimum absolute atomic E-state index is 0.113. The molecule has 7 heteroatoms. The van der Waals surface area contributed by atoms with Gasteiger partial charge in [0, 0.05) is 17.6 Å². The highest BCUT2D eigenvalue weighted by atomic mass is 32.2. The maximum Gasteiger partial charge on any atom is 0.206 e. The van der Waals surface area contributed by atoms with Gasteiger partial charge in [0.05, 0.1) is 9.79 Å². The van der Waals surface area contributed by atoms with Crippen LogP contribution in [0.2, 0.25) is 0 Å². The molecule has 2 atom stereocenters. The second kappa shape index (κ2) is 6.32. The van der Waals surface area contributed by atoms with Crippen LogP contribution in [0.4, 0.5) is 14.5 Å². The molecule has 4 rings (SSSR count). The van der Waals surface area contributed by atoms with E-state index in [9.17, 15) is 17.2 Å².